The molecule has 0 heterocycles. The molecule has 1 amide bonds. The lowest BCUT2D eigenvalue weighted by atomic mass is 10.3. The molecule has 0 aromatic heterocycles. The van der Waals surface area contributed by atoms with E-state index in [4.69, 9.17) is 0 Å². The second kappa shape index (κ2) is 6.48. The average Bonchev–Trinajstić information content (AvgIpc) is 2.36. The van der Waals surface area contributed by atoms with E-state index >= 15 is 0 Å². The van der Waals surface area contributed by atoms with Crippen molar-refractivity contribution in [1.29, 1.82) is 0 Å². The molecule has 0 fully saturated rings. The molecule has 0 saturated carbocycles. The fourth-order valence-corrected chi connectivity index (χ4v) is 2.10. The number of hydrogen-bond acceptors (Lipinski definition) is 4. The molecular weight excluding hydrogens is 254 g/mol. The van der Waals surface area contributed by atoms with Crippen molar-refractivity contribution in [3.05, 3.63) is 24.3 Å². The van der Waals surface area contributed by atoms with Crippen LogP contribution in [-0.2, 0) is 14.8 Å². The first-order valence-electron chi connectivity index (χ1n) is 5.47. The zero-order valence-corrected chi connectivity index (χ0v) is 11.2. The minimum absolute atomic E-state index is 0.122. The van der Waals surface area contributed by atoms with Crippen LogP contribution in [0.2, 0.25) is 0 Å². The minimum Gasteiger partial charge on any atom is -0.326 e. The topological polar surface area (TPSA) is 87.3 Å². The van der Waals surface area contributed by atoms with Gasteiger partial charge in [0.2, 0.25) is 15.9 Å². The molecule has 0 aliphatic carbocycles. The van der Waals surface area contributed by atoms with Crippen LogP contribution in [0.3, 0.4) is 0 Å². The number of hydrogen-bond donors (Lipinski definition) is 3. The third-order valence-corrected chi connectivity index (χ3v) is 3.71. The molecule has 1 aromatic carbocycles. The van der Waals surface area contributed by atoms with Crippen LogP contribution in [0.5, 0.6) is 0 Å². The summed E-state index contributed by atoms with van der Waals surface area (Å²) in [5.74, 6) is -0.164. The number of nitrogens with one attached hydrogen (secondary N) is 3. The van der Waals surface area contributed by atoms with Crippen LogP contribution in [-0.4, -0.2) is 35.0 Å². The molecule has 100 valence electrons. The van der Waals surface area contributed by atoms with Crippen LogP contribution in [0.25, 0.3) is 0 Å². The van der Waals surface area contributed by atoms with E-state index in [0.29, 0.717) is 18.7 Å². The van der Waals surface area contributed by atoms with Gasteiger partial charge in [0.25, 0.3) is 0 Å². The molecule has 0 aliphatic rings. The summed E-state index contributed by atoms with van der Waals surface area (Å²) in [5, 5.41) is 5.50. The lowest BCUT2D eigenvalue weighted by Gasteiger charge is -2.07. The molecule has 1 rings (SSSR count). The second-order valence-electron chi connectivity index (χ2n) is 3.64. The van der Waals surface area contributed by atoms with Crippen molar-refractivity contribution in [2.75, 3.05) is 26.0 Å². The zero-order chi connectivity index (χ0) is 13.6. The van der Waals surface area contributed by atoms with E-state index in [0.717, 1.165) is 0 Å². The van der Waals surface area contributed by atoms with Crippen LogP contribution in [0.4, 0.5) is 5.69 Å². The molecule has 7 heteroatoms. The van der Waals surface area contributed by atoms with Crippen LogP contribution < -0.4 is 15.4 Å². The van der Waals surface area contributed by atoms with Crippen LogP contribution in [0.1, 0.15) is 6.42 Å². The fraction of sp³-hybridized carbons (Fsp3) is 0.364. The monoisotopic (exact) mass is 271 g/mol. The Kier molecular flexibility index (Phi) is 5.26. The summed E-state index contributed by atoms with van der Waals surface area (Å²) in [7, 11) is -0.389. The van der Waals surface area contributed by atoms with Crippen molar-refractivity contribution in [1.82, 2.24) is 10.0 Å². The summed E-state index contributed by atoms with van der Waals surface area (Å²) in [6, 6.07) is 6.11. The Balaban J connectivity index is 2.80. The van der Waals surface area contributed by atoms with Crippen molar-refractivity contribution >= 4 is 21.6 Å². The average molecular weight is 271 g/mol. The summed E-state index contributed by atoms with van der Waals surface area (Å²) in [6.07, 6.45) is 0.333. The number of anilines is 1. The van der Waals surface area contributed by atoms with Crippen LogP contribution in [0, 0.1) is 0 Å². The Morgan fingerprint density at radius 1 is 1.28 bits per heavy atom. The van der Waals surface area contributed by atoms with Gasteiger partial charge in [0.1, 0.15) is 0 Å². The van der Waals surface area contributed by atoms with E-state index in [-0.39, 0.29) is 10.8 Å². The predicted octanol–water partition coefficient (Wildman–Crippen LogP) is 0.143. The van der Waals surface area contributed by atoms with Gasteiger partial charge in [-0.15, -0.1) is 0 Å². The van der Waals surface area contributed by atoms with E-state index in [1.165, 1.54) is 19.2 Å². The van der Waals surface area contributed by atoms with Gasteiger partial charge in [0.05, 0.1) is 4.90 Å². The Labute approximate surface area is 107 Å². The molecule has 0 spiro atoms. The van der Waals surface area contributed by atoms with Gasteiger partial charge in [-0.25, -0.2) is 13.1 Å². The first kappa shape index (κ1) is 14.6. The summed E-state index contributed by atoms with van der Waals surface area (Å²) in [6.45, 7) is 0.570. The van der Waals surface area contributed by atoms with Gasteiger partial charge in [-0.05, 0) is 32.3 Å². The molecule has 0 saturated heterocycles. The van der Waals surface area contributed by atoms with Gasteiger partial charge in [-0.1, -0.05) is 6.07 Å². The molecule has 0 atom stereocenters. The molecule has 0 bridgehead atoms. The standard InChI is InChI=1S/C11H17N3O3S/c1-12-7-6-11(15)14-9-4-3-5-10(8-9)18(16,17)13-2/h3-5,8,12-13H,6-7H2,1-2H3,(H,14,15). The maximum absolute atomic E-state index is 11.6. The molecule has 3 N–H and O–H groups in total. The van der Waals surface area contributed by atoms with E-state index in [9.17, 15) is 13.2 Å². The van der Waals surface area contributed by atoms with Gasteiger partial charge in [0.15, 0.2) is 0 Å². The lowest BCUT2D eigenvalue weighted by molar-refractivity contribution is -0.116. The van der Waals surface area contributed by atoms with Gasteiger partial charge in [-0.3, -0.25) is 4.79 Å². The number of amides is 1. The zero-order valence-electron chi connectivity index (χ0n) is 10.4. The maximum Gasteiger partial charge on any atom is 0.240 e. The molecule has 1 aromatic rings. The van der Waals surface area contributed by atoms with Crippen molar-refractivity contribution in [2.45, 2.75) is 11.3 Å². The highest BCUT2D eigenvalue weighted by molar-refractivity contribution is 7.89. The number of benzene rings is 1. The Bertz CT molecular complexity index is 514. The van der Waals surface area contributed by atoms with E-state index in [1.54, 1.807) is 19.2 Å². The van der Waals surface area contributed by atoms with Crippen molar-refractivity contribution < 1.29 is 13.2 Å². The second-order valence-corrected chi connectivity index (χ2v) is 5.52. The molecule has 0 aliphatic heterocycles. The first-order chi connectivity index (χ1) is 8.49. The smallest absolute Gasteiger partial charge is 0.240 e. The van der Waals surface area contributed by atoms with Gasteiger partial charge >= 0.3 is 0 Å². The van der Waals surface area contributed by atoms with Gasteiger partial charge in [-0.2, -0.15) is 0 Å². The third kappa shape index (κ3) is 4.10. The van der Waals surface area contributed by atoms with Crippen LogP contribution in [0.15, 0.2) is 29.2 Å². The number of sulfonamides is 1. The molecular formula is C11H17N3O3S. The number of rotatable bonds is 6. The summed E-state index contributed by atoms with van der Waals surface area (Å²) >= 11 is 0. The maximum atomic E-state index is 11.6. The minimum atomic E-state index is -3.49. The first-order valence-corrected chi connectivity index (χ1v) is 6.96. The highest BCUT2D eigenvalue weighted by Gasteiger charge is 2.12. The molecule has 6 nitrogen and oxygen atoms in total. The van der Waals surface area contributed by atoms with E-state index < -0.39 is 10.0 Å². The highest BCUT2D eigenvalue weighted by Crippen LogP contribution is 2.15. The molecule has 0 radical (unpaired) electrons. The van der Waals surface area contributed by atoms with Crippen molar-refractivity contribution in [3.63, 3.8) is 0 Å². The summed E-state index contributed by atoms with van der Waals surface area (Å²) < 4.78 is 25.4. The van der Waals surface area contributed by atoms with Gasteiger partial charge in [0, 0.05) is 18.7 Å². The largest absolute Gasteiger partial charge is 0.326 e. The number of carbonyl (C=O) groups is 1. The molecule has 18 heavy (non-hydrogen) atoms. The Morgan fingerprint density at radius 3 is 2.61 bits per heavy atom. The van der Waals surface area contributed by atoms with Crippen LogP contribution >= 0.6 is 0 Å². The molecule has 0 unspecified atom stereocenters. The van der Waals surface area contributed by atoms with Gasteiger partial charge < -0.3 is 10.6 Å². The Morgan fingerprint density at radius 2 is 2.00 bits per heavy atom. The summed E-state index contributed by atoms with van der Waals surface area (Å²) in [5.41, 5.74) is 0.465. The lowest BCUT2D eigenvalue weighted by Crippen LogP contribution is -2.20. The normalized spacial score (nSPS) is 11.2. The third-order valence-electron chi connectivity index (χ3n) is 2.30. The van der Waals surface area contributed by atoms with Crippen molar-refractivity contribution in [2.24, 2.45) is 0 Å². The van der Waals surface area contributed by atoms with E-state index in [2.05, 4.69) is 15.4 Å². The van der Waals surface area contributed by atoms with E-state index in [1.807, 2.05) is 0 Å². The van der Waals surface area contributed by atoms with Crippen molar-refractivity contribution in [3.8, 4) is 0 Å². The fourth-order valence-electron chi connectivity index (χ4n) is 1.32. The predicted molar refractivity (Wildman–Crippen MR) is 69.9 cm³/mol. The Hall–Kier alpha value is -1.44. The SMILES string of the molecule is CNCCC(=O)Nc1cccc(S(=O)(=O)NC)c1. The summed E-state index contributed by atoms with van der Waals surface area (Å²) in [4.78, 5) is 11.6. The quantitative estimate of drug-likeness (QED) is 0.687. The number of carbonyl (C=O) groups excluding carboxylic acids is 1. The highest BCUT2D eigenvalue weighted by atomic mass is 32.2.